The summed E-state index contributed by atoms with van der Waals surface area (Å²) in [6.45, 7) is 32.3. The monoisotopic (exact) mass is 1740 g/mol. The van der Waals surface area contributed by atoms with Crippen molar-refractivity contribution in [1.29, 1.82) is 0 Å². The van der Waals surface area contributed by atoms with E-state index in [0.29, 0.717) is 18.4 Å². The molecule has 1 heterocycles. The number of aliphatic hydroxyl groups excluding tert-OH is 2. The fourth-order valence-electron chi connectivity index (χ4n) is 12.2. The summed E-state index contributed by atoms with van der Waals surface area (Å²) in [4.78, 5) is 243. The Balaban J connectivity index is 3.13. The summed E-state index contributed by atoms with van der Waals surface area (Å²) in [6.07, 6.45) is -12.8. The van der Waals surface area contributed by atoms with Crippen molar-refractivity contribution in [3.05, 3.63) is 35.9 Å². The summed E-state index contributed by atoms with van der Waals surface area (Å²) in [7, 11) is 0. The average molecular weight is 1750 g/mol. The Hall–Kier alpha value is -10.3. The van der Waals surface area contributed by atoms with Crippen molar-refractivity contribution in [3.8, 4) is 0 Å². The van der Waals surface area contributed by atoms with Gasteiger partial charge in [-0.15, -0.1) is 0 Å². The average Bonchev–Trinajstić information content (AvgIpc) is 1.43. The van der Waals surface area contributed by atoms with Crippen molar-refractivity contribution in [2.24, 2.45) is 29.1 Å². The third kappa shape index (κ3) is 46.2. The molecular formula is C85H141N13O25. The highest BCUT2D eigenvalue weighted by Crippen LogP contribution is 2.25. The van der Waals surface area contributed by atoms with E-state index in [1.165, 1.54) is 13.8 Å². The van der Waals surface area contributed by atoms with E-state index in [1.54, 1.807) is 148 Å². The number of nitrogens with one attached hydrogen (secondary N) is 13. The van der Waals surface area contributed by atoms with Gasteiger partial charge in [-0.3, -0.25) is 57.5 Å². The fraction of sp³-hybridized carbons (Fsp3) is 0.729. The van der Waals surface area contributed by atoms with Gasteiger partial charge < -0.3 is 108 Å². The first-order valence-electron chi connectivity index (χ1n) is 42.2. The highest BCUT2D eigenvalue weighted by atomic mass is 16.6. The first-order valence-corrected chi connectivity index (χ1v) is 42.2. The van der Waals surface area contributed by atoms with Crippen LogP contribution >= 0.6 is 0 Å². The third-order valence-corrected chi connectivity index (χ3v) is 18.3. The number of hydrogen-bond acceptors (Lipinski definition) is 25. The molecule has 123 heavy (non-hydrogen) atoms. The number of carbonyl (C=O) groups is 17. The van der Waals surface area contributed by atoms with Crippen LogP contribution in [-0.4, -0.2) is 240 Å². The zero-order valence-corrected chi connectivity index (χ0v) is 76.0. The Morgan fingerprint density at radius 1 is 0.488 bits per heavy atom. The Labute approximate surface area is 722 Å². The number of carbonyl (C=O) groups excluding carboxylic acids is 17. The molecule has 696 valence electrons. The SMILES string of the molecule is CCCCOC(=O)C(C)(C)CC(=O)N[C@@H](CCNC(=O)OC(C)(C)C)C(=O)C[C@H](C(=O)N[C@@H](CCNC(=O)OC(C)(C)C)C(=O)C[C@H]1CCNC(=O)[C@H](C(C)O)NC(=O)[C@H](CCNC(=O)OC(C)(C)C)CC(=O)[C@H](CCNC(=O)OC(C)(C)C)NC(=O)[C@H](CC(C)C)NC(=O)[C@@H](Cc2ccccc2)NC(=O)[C@H](CCNC(=O)OC(C)(C)C)NC1=O)C(C)O. The number of unbranched alkanes of at least 4 members (excludes halogenated alkanes) is 1. The van der Waals surface area contributed by atoms with Gasteiger partial charge in [0.1, 0.15) is 52.2 Å². The van der Waals surface area contributed by atoms with Crippen LogP contribution in [-0.2, 0) is 92.4 Å². The van der Waals surface area contributed by atoms with Gasteiger partial charge >= 0.3 is 36.4 Å². The second-order valence-electron chi connectivity index (χ2n) is 36.9. The number of ketones is 3. The maximum atomic E-state index is 15.5. The van der Waals surface area contributed by atoms with Gasteiger partial charge in [0.05, 0.1) is 48.3 Å². The highest BCUT2D eigenvalue weighted by Gasteiger charge is 2.41. The van der Waals surface area contributed by atoms with Crippen molar-refractivity contribution < 1.29 is 120 Å². The number of benzene rings is 1. The lowest BCUT2D eigenvalue weighted by molar-refractivity contribution is -0.156. The summed E-state index contributed by atoms with van der Waals surface area (Å²) >= 11 is 0. The number of Topliss-reactive ketones (excluding diaryl/α,β-unsaturated/α-hetero) is 3. The lowest BCUT2D eigenvalue weighted by Gasteiger charge is -2.28. The highest BCUT2D eigenvalue weighted by molar-refractivity contribution is 6.00. The van der Waals surface area contributed by atoms with Crippen molar-refractivity contribution >= 4 is 101 Å². The zero-order chi connectivity index (χ0) is 93.7. The maximum Gasteiger partial charge on any atom is 0.407 e. The van der Waals surface area contributed by atoms with Crippen molar-refractivity contribution in [2.75, 3.05) is 45.9 Å². The van der Waals surface area contributed by atoms with Crippen LogP contribution in [0.25, 0.3) is 0 Å². The smallest absolute Gasteiger partial charge is 0.407 e. The van der Waals surface area contributed by atoms with E-state index in [1.807, 2.05) is 6.92 Å². The van der Waals surface area contributed by atoms with E-state index < -0.39 is 271 Å². The largest absolute Gasteiger partial charge is 0.465 e. The van der Waals surface area contributed by atoms with Gasteiger partial charge in [-0.2, -0.15) is 0 Å². The molecule has 0 spiro atoms. The molecule has 1 aliphatic heterocycles. The fourth-order valence-corrected chi connectivity index (χ4v) is 12.2. The van der Waals surface area contributed by atoms with Crippen molar-refractivity contribution in [1.82, 2.24) is 69.1 Å². The second kappa shape index (κ2) is 51.1. The quantitative estimate of drug-likeness (QED) is 0.0238. The first-order chi connectivity index (χ1) is 56.8. The summed E-state index contributed by atoms with van der Waals surface area (Å²) in [5.74, 6) is -16.9. The van der Waals surface area contributed by atoms with Crippen LogP contribution < -0.4 is 69.1 Å². The lowest BCUT2D eigenvalue weighted by atomic mass is 9.88. The van der Waals surface area contributed by atoms with Gasteiger partial charge in [-0.05, 0) is 194 Å². The van der Waals surface area contributed by atoms with E-state index in [9.17, 15) is 72.5 Å². The van der Waals surface area contributed by atoms with Gasteiger partial charge in [-0.25, -0.2) is 24.0 Å². The minimum absolute atomic E-state index is 0.0849. The summed E-state index contributed by atoms with van der Waals surface area (Å²) in [5.41, 5.74) is -5.90. The molecular weight excluding hydrogens is 1600 g/mol. The van der Waals surface area contributed by atoms with Gasteiger partial charge in [0.15, 0.2) is 17.3 Å². The molecule has 1 aromatic carbocycles. The molecule has 1 aromatic rings. The van der Waals surface area contributed by atoms with Crippen LogP contribution in [0.1, 0.15) is 241 Å². The van der Waals surface area contributed by atoms with Crippen LogP contribution in [0.15, 0.2) is 30.3 Å². The first kappa shape index (κ1) is 109. The predicted molar refractivity (Wildman–Crippen MR) is 452 cm³/mol. The summed E-state index contributed by atoms with van der Waals surface area (Å²) in [5, 5.41) is 56.4. The molecule has 13 amide bonds. The molecule has 0 aromatic heterocycles. The van der Waals surface area contributed by atoms with Crippen LogP contribution in [0.5, 0.6) is 0 Å². The Morgan fingerprint density at radius 3 is 1.37 bits per heavy atom. The van der Waals surface area contributed by atoms with Gasteiger partial charge in [0.2, 0.25) is 47.3 Å². The molecule has 2 unspecified atom stereocenters. The molecule has 0 aliphatic carbocycles. The number of ether oxygens (including phenoxy) is 6. The molecule has 1 saturated heterocycles. The molecule has 38 nitrogen and oxygen atoms in total. The van der Waals surface area contributed by atoms with E-state index in [2.05, 4.69) is 69.1 Å². The molecule has 2 rings (SSSR count). The molecule has 1 aliphatic rings. The van der Waals surface area contributed by atoms with Gasteiger partial charge in [0.25, 0.3) is 0 Å². The summed E-state index contributed by atoms with van der Waals surface area (Å²) < 4.78 is 32.4. The normalized spacial score (nSPS) is 19.7. The number of aliphatic hydroxyl groups is 2. The van der Waals surface area contributed by atoms with Crippen molar-refractivity contribution in [2.45, 2.75) is 325 Å². The van der Waals surface area contributed by atoms with Crippen LogP contribution in [0.2, 0.25) is 0 Å². The molecule has 0 bridgehead atoms. The molecule has 38 heteroatoms. The lowest BCUT2D eigenvalue weighted by Crippen LogP contribution is -2.59. The Morgan fingerprint density at radius 2 is 0.911 bits per heavy atom. The number of hydrogen-bond donors (Lipinski definition) is 15. The molecule has 15 N–H and O–H groups in total. The maximum absolute atomic E-state index is 15.5. The Kier molecular flexibility index (Phi) is 45.2. The van der Waals surface area contributed by atoms with E-state index in [0.717, 1.165) is 13.8 Å². The standard InChI is InChI=1S/C85H141N13O25/c1-23-24-42-118-74(112)85(21,22)48-65(104)92-56(32-38-88-76(114)120-81(9,10)11)64(103)47-55(50(4)99)69(107)93-57(33-39-89-77(115)121-82(12,13)14)62(101)45-53-30-36-86-73(111)66(51(5)100)98-68(106)54(31-37-87-75(113)119-80(6,7)8)46-63(102)58(34-40-90-78(116)122-83(15,16)17)94-71(109)60(43-49(2)3)96-72(110)61(44-52-28-26-25-27-29-52)97-70(108)59(95-67(53)105)35-41-91-79(117)123-84(18,19)20/h25-29,49-51,53-61,66,99-100H,23-24,30-48H2,1-22H3,(H,86,111)(H,87,113)(H,88,114)(H,89,115)(H,90,116)(H,91,117)(H,92,104)(H,93,107)(H,94,109)(H,95,105)(H,96,110)(H,97,108)(H,98,106)/t50?,51?,53-,54-,55+,56+,57+,58+,59+,60+,61-,66+/m1/s1. The predicted octanol–water partition coefficient (Wildman–Crippen LogP) is 5.01. The van der Waals surface area contributed by atoms with Crippen LogP contribution in [0.3, 0.4) is 0 Å². The van der Waals surface area contributed by atoms with Crippen LogP contribution in [0, 0.1) is 29.1 Å². The van der Waals surface area contributed by atoms with Crippen molar-refractivity contribution in [3.63, 3.8) is 0 Å². The van der Waals surface area contributed by atoms with E-state index >= 15 is 19.2 Å². The molecule has 0 saturated carbocycles. The number of rotatable bonds is 36. The third-order valence-electron chi connectivity index (χ3n) is 18.3. The minimum atomic E-state index is -1.88. The summed E-state index contributed by atoms with van der Waals surface area (Å²) in [6, 6.07) is -3.34. The number of esters is 1. The van der Waals surface area contributed by atoms with E-state index in [-0.39, 0.29) is 64.3 Å². The number of amides is 13. The zero-order valence-electron chi connectivity index (χ0n) is 76.0. The minimum Gasteiger partial charge on any atom is -0.465 e. The molecule has 12 atom stereocenters. The molecule has 0 radical (unpaired) electrons. The molecule has 1 fully saturated rings. The Bertz CT molecular complexity index is 3710. The second-order valence-corrected chi connectivity index (χ2v) is 36.9. The van der Waals surface area contributed by atoms with Gasteiger partial charge in [0, 0.05) is 83.2 Å². The van der Waals surface area contributed by atoms with Crippen LogP contribution in [0.4, 0.5) is 24.0 Å². The van der Waals surface area contributed by atoms with Gasteiger partial charge in [-0.1, -0.05) is 57.5 Å². The van der Waals surface area contributed by atoms with E-state index in [4.69, 9.17) is 28.4 Å². The topological polar surface area (TPSA) is 542 Å². The number of alkyl carbamates (subject to hydrolysis) is 5.